The molecule has 0 saturated carbocycles. The molecule has 0 aliphatic carbocycles. The van der Waals surface area contributed by atoms with Crippen molar-refractivity contribution in [2.24, 2.45) is 0 Å². The Kier molecular flexibility index (Phi) is 3.80. The van der Waals surface area contributed by atoms with Gasteiger partial charge in [0, 0.05) is 36.8 Å². The van der Waals surface area contributed by atoms with Gasteiger partial charge in [0.1, 0.15) is 0 Å². The molecule has 90 valence electrons. The van der Waals surface area contributed by atoms with Crippen molar-refractivity contribution in [3.63, 3.8) is 0 Å². The summed E-state index contributed by atoms with van der Waals surface area (Å²) in [5, 5.41) is 12.6. The molecule has 3 nitrogen and oxygen atoms in total. The fraction of sp³-hybridized carbons (Fsp3) is 1.00. The van der Waals surface area contributed by atoms with E-state index in [-0.39, 0.29) is 17.7 Å². The van der Waals surface area contributed by atoms with Crippen molar-refractivity contribution in [3.05, 3.63) is 0 Å². The minimum atomic E-state index is 0.158. The number of rotatable bonds is 2. The number of hydrogen-bond acceptors (Lipinski definition) is 3. The molecule has 15 heavy (non-hydrogen) atoms. The molecule has 0 spiro atoms. The van der Waals surface area contributed by atoms with Crippen LogP contribution in [0.25, 0.3) is 0 Å². The summed E-state index contributed by atoms with van der Waals surface area (Å²) in [7, 11) is 0. The van der Waals surface area contributed by atoms with Gasteiger partial charge in [-0.25, -0.2) is 0 Å². The number of nitrogens with one attached hydrogen (secondary N) is 1. The lowest BCUT2D eigenvalue weighted by Crippen LogP contribution is -2.68. The predicted molar refractivity (Wildman–Crippen MR) is 64.0 cm³/mol. The maximum Gasteiger partial charge on any atom is 0.0446 e. The van der Waals surface area contributed by atoms with Gasteiger partial charge in [-0.15, -0.1) is 0 Å². The molecule has 1 saturated heterocycles. The Hall–Kier alpha value is -0.120. The topological polar surface area (TPSA) is 35.5 Å². The van der Waals surface area contributed by atoms with Crippen molar-refractivity contribution in [2.45, 2.75) is 58.2 Å². The van der Waals surface area contributed by atoms with Gasteiger partial charge in [-0.05, 0) is 41.0 Å². The molecule has 1 rings (SSSR count). The number of hydrogen-bond donors (Lipinski definition) is 2. The van der Waals surface area contributed by atoms with E-state index < -0.39 is 0 Å². The van der Waals surface area contributed by atoms with Crippen molar-refractivity contribution in [1.82, 2.24) is 10.2 Å². The van der Waals surface area contributed by atoms with E-state index >= 15 is 0 Å². The zero-order valence-corrected chi connectivity index (χ0v) is 10.8. The molecule has 1 fully saturated rings. The van der Waals surface area contributed by atoms with E-state index in [4.69, 9.17) is 5.11 Å². The first-order valence-electron chi connectivity index (χ1n) is 5.90. The molecule has 1 heterocycles. The molecular weight excluding hydrogens is 188 g/mol. The van der Waals surface area contributed by atoms with Gasteiger partial charge in [-0.2, -0.15) is 0 Å². The Balaban J connectivity index is 2.87. The number of nitrogens with zero attached hydrogens (tertiary/aromatic N) is 1. The van der Waals surface area contributed by atoms with E-state index in [1.165, 1.54) is 0 Å². The summed E-state index contributed by atoms with van der Waals surface area (Å²) >= 11 is 0. The molecule has 0 aromatic carbocycles. The zero-order valence-electron chi connectivity index (χ0n) is 10.8. The van der Waals surface area contributed by atoms with Crippen LogP contribution in [-0.4, -0.2) is 46.8 Å². The van der Waals surface area contributed by atoms with E-state index in [0.29, 0.717) is 6.04 Å². The highest BCUT2D eigenvalue weighted by molar-refractivity contribution is 4.99. The third-order valence-electron chi connectivity index (χ3n) is 3.14. The summed E-state index contributed by atoms with van der Waals surface area (Å²) in [6.45, 7) is 13.6. The van der Waals surface area contributed by atoms with Crippen LogP contribution in [0.2, 0.25) is 0 Å². The molecule has 0 bridgehead atoms. The van der Waals surface area contributed by atoms with Crippen LogP contribution in [0.3, 0.4) is 0 Å². The fourth-order valence-electron chi connectivity index (χ4n) is 3.05. The lowest BCUT2D eigenvalue weighted by Gasteiger charge is -2.54. The van der Waals surface area contributed by atoms with Crippen LogP contribution in [0.15, 0.2) is 0 Å². The molecular formula is C12H26N2O. The molecule has 0 amide bonds. The van der Waals surface area contributed by atoms with E-state index in [1.54, 1.807) is 0 Å². The number of aliphatic hydroxyl groups is 1. The summed E-state index contributed by atoms with van der Waals surface area (Å²) in [6.07, 6.45) is 0.855. The number of piperazine rings is 1. The third kappa shape index (κ3) is 2.92. The lowest BCUT2D eigenvalue weighted by atomic mass is 9.88. The second-order valence-corrected chi connectivity index (χ2v) is 6.15. The third-order valence-corrected chi connectivity index (χ3v) is 3.14. The van der Waals surface area contributed by atoms with Gasteiger partial charge in [0.15, 0.2) is 0 Å². The summed E-state index contributed by atoms with van der Waals surface area (Å²) in [4.78, 5) is 2.55. The van der Waals surface area contributed by atoms with Crippen LogP contribution in [0.4, 0.5) is 0 Å². The predicted octanol–water partition coefficient (Wildman–Crippen LogP) is 1.22. The minimum Gasteiger partial charge on any atom is -0.396 e. The normalized spacial score (nSPS) is 28.0. The van der Waals surface area contributed by atoms with Gasteiger partial charge >= 0.3 is 0 Å². The first-order chi connectivity index (χ1) is 6.79. The van der Waals surface area contributed by atoms with Gasteiger partial charge in [-0.1, -0.05) is 0 Å². The highest BCUT2D eigenvalue weighted by Crippen LogP contribution is 2.30. The van der Waals surface area contributed by atoms with Gasteiger partial charge in [-0.3, -0.25) is 4.90 Å². The molecule has 1 unspecified atom stereocenters. The average Bonchev–Trinajstić information content (AvgIpc) is 1.99. The fourth-order valence-corrected chi connectivity index (χ4v) is 3.05. The quantitative estimate of drug-likeness (QED) is 0.725. The minimum absolute atomic E-state index is 0.158. The van der Waals surface area contributed by atoms with Crippen LogP contribution < -0.4 is 5.32 Å². The van der Waals surface area contributed by atoms with Crippen molar-refractivity contribution in [2.75, 3.05) is 19.7 Å². The summed E-state index contributed by atoms with van der Waals surface area (Å²) < 4.78 is 0. The molecule has 1 aliphatic heterocycles. The molecule has 0 aromatic heterocycles. The Morgan fingerprint density at radius 2 is 2.00 bits per heavy atom. The van der Waals surface area contributed by atoms with Gasteiger partial charge in [0.05, 0.1) is 0 Å². The average molecular weight is 214 g/mol. The van der Waals surface area contributed by atoms with E-state index in [2.05, 4.69) is 44.8 Å². The van der Waals surface area contributed by atoms with Crippen molar-refractivity contribution >= 4 is 0 Å². The first kappa shape index (κ1) is 12.9. The van der Waals surface area contributed by atoms with E-state index in [0.717, 1.165) is 19.5 Å². The standard InChI is InChI=1S/C12H26N2O/c1-11(2,3)14-10(6-7-15)8-13-9-12(14,4)5/h10,13,15H,6-9H2,1-5H3. The van der Waals surface area contributed by atoms with Crippen LogP contribution in [-0.2, 0) is 0 Å². The molecule has 0 radical (unpaired) electrons. The summed E-state index contributed by atoms with van der Waals surface area (Å²) in [5.41, 5.74) is 0.321. The summed E-state index contributed by atoms with van der Waals surface area (Å²) in [6, 6.07) is 0.443. The smallest absolute Gasteiger partial charge is 0.0446 e. The second kappa shape index (κ2) is 4.40. The largest absolute Gasteiger partial charge is 0.396 e. The lowest BCUT2D eigenvalue weighted by molar-refractivity contribution is -0.0435. The van der Waals surface area contributed by atoms with Crippen LogP contribution in [0.1, 0.15) is 41.0 Å². The Morgan fingerprint density at radius 3 is 2.47 bits per heavy atom. The molecule has 3 heteroatoms. The van der Waals surface area contributed by atoms with Crippen LogP contribution >= 0.6 is 0 Å². The van der Waals surface area contributed by atoms with Crippen molar-refractivity contribution in [3.8, 4) is 0 Å². The summed E-state index contributed by atoms with van der Waals surface area (Å²) in [5.74, 6) is 0. The highest BCUT2D eigenvalue weighted by atomic mass is 16.3. The number of aliphatic hydroxyl groups excluding tert-OH is 1. The Bertz CT molecular complexity index is 206. The maximum absolute atomic E-state index is 9.12. The Labute approximate surface area is 93.9 Å². The van der Waals surface area contributed by atoms with Gasteiger partial charge in [0.25, 0.3) is 0 Å². The van der Waals surface area contributed by atoms with Gasteiger partial charge < -0.3 is 10.4 Å². The van der Waals surface area contributed by atoms with Crippen LogP contribution in [0.5, 0.6) is 0 Å². The monoisotopic (exact) mass is 214 g/mol. The highest BCUT2D eigenvalue weighted by Gasteiger charge is 2.41. The van der Waals surface area contributed by atoms with Crippen LogP contribution in [0, 0.1) is 0 Å². The molecule has 0 aromatic rings. The van der Waals surface area contributed by atoms with E-state index in [1.807, 2.05) is 0 Å². The second-order valence-electron chi connectivity index (χ2n) is 6.15. The first-order valence-corrected chi connectivity index (χ1v) is 5.90. The maximum atomic E-state index is 9.12. The molecule has 2 N–H and O–H groups in total. The van der Waals surface area contributed by atoms with E-state index in [9.17, 15) is 0 Å². The molecule has 1 aliphatic rings. The van der Waals surface area contributed by atoms with Gasteiger partial charge in [0.2, 0.25) is 0 Å². The zero-order chi connectivity index (χ0) is 11.7. The van der Waals surface area contributed by atoms with Crippen molar-refractivity contribution in [1.29, 1.82) is 0 Å². The van der Waals surface area contributed by atoms with Crippen molar-refractivity contribution < 1.29 is 5.11 Å². The Morgan fingerprint density at radius 1 is 1.40 bits per heavy atom. The molecule has 1 atom stereocenters. The SMILES string of the molecule is CC(C)(C)N1C(CCO)CNCC1(C)C.